The summed E-state index contributed by atoms with van der Waals surface area (Å²) in [6.45, 7) is 6.84. The van der Waals surface area contributed by atoms with Crippen LogP contribution in [0.4, 0.5) is 0 Å². The van der Waals surface area contributed by atoms with Crippen LogP contribution in [0.2, 0.25) is 0 Å². The van der Waals surface area contributed by atoms with Gasteiger partial charge in [0.2, 0.25) is 0 Å². The number of carboxylic acid groups (broad SMARTS) is 1. The van der Waals surface area contributed by atoms with Crippen LogP contribution < -0.4 is 0 Å². The van der Waals surface area contributed by atoms with Gasteiger partial charge in [-0.15, -0.1) is 0 Å². The molecule has 0 saturated heterocycles. The van der Waals surface area contributed by atoms with E-state index in [4.69, 9.17) is 16.0 Å². The first kappa shape index (κ1) is 13.1. The van der Waals surface area contributed by atoms with Gasteiger partial charge in [-0.2, -0.15) is 0 Å². The van der Waals surface area contributed by atoms with Crippen molar-refractivity contribution in [2.45, 2.75) is 19.4 Å². The van der Waals surface area contributed by atoms with Gasteiger partial charge in [0.1, 0.15) is 0 Å². The van der Waals surface area contributed by atoms with Gasteiger partial charge in [0.25, 0.3) is 0 Å². The molecule has 13 heavy (non-hydrogen) atoms. The Morgan fingerprint density at radius 1 is 1.77 bits per heavy atom. The van der Waals surface area contributed by atoms with E-state index in [1.165, 1.54) is 6.92 Å². The number of rotatable bonds is 5. The second-order valence-electron chi connectivity index (χ2n) is 2.58. The maximum atomic E-state index is 10.4. The van der Waals surface area contributed by atoms with Crippen molar-refractivity contribution in [1.82, 2.24) is 0 Å². The Morgan fingerprint density at radius 2 is 2.31 bits per heavy atom. The van der Waals surface area contributed by atoms with E-state index in [1.807, 2.05) is 0 Å². The molecule has 0 bridgehead atoms. The minimum absolute atomic E-state index is 0.210. The van der Waals surface area contributed by atoms with Crippen LogP contribution in [-0.2, 0) is 8.98 Å². The molecule has 0 amide bonds. The van der Waals surface area contributed by atoms with E-state index >= 15 is 0 Å². The van der Waals surface area contributed by atoms with Gasteiger partial charge < -0.3 is 0 Å². The zero-order chi connectivity index (χ0) is 10.4. The van der Waals surface area contributed by atoms with Crippen molar-refractivity contribution in [2.24, 2.45) is 5.92 Å². The minimum atomic E-state index is -1.02. The van der Waals surface area contributed by atoms with Gasteiger partial charge in [-0.3, -0.25) is 0 Å². The van der Waals surface area contributed by atoms with Crippen molar-refractivity contribution in [2.75, 3.05) is 6.61 Å². The molecule has 0 aliphatic rings. The molecule has 0 aliphatic heterocycles. The zero-order valence-electron chi connectivity index (χ0n) is 7.21. The Kier molecular flexibility index (Phi) is 6.60. The summed E-state index contributed by atoms with van der Waals surface area (Å²) in [6.07, 6.45) is -0.663. The van der Waals surface area contributed by atoms with Gasteiger partial charge in [0.05, 0.1) is 0 Å². The Bertz CT molecular complexity index is 288. The fourth-order valence-electron chi connectivity index (χ4n) is 0.669. The summed E-state index contributed by atoms with van der Waals surface area (Å²) in [7, 11) is 2.86. The van der Waals surface area contributed by atoms with Crippen LogP contribution in [0.25, 0.3) is 0 Å². The van der Waals surface area contributed by atoms with Crippen LogP contribution >= 0.6 is 17.4 Å². The van der Waals surface area contributed by atoms with E-state index in [9.17, 15) is 9.90 Å². The maximum absolute atomic E-state index is 10.4. The SMILES string of the molecule is [B]=S(#P)OCC[C@@H](O)[C@H](C)C(=O)O. The number of carbonyl (C=O) groups is 1. The number of aliphatic hydroxyl groups is 1. The number of aliphatic hydroxyl groups excluding tert-OH is 1. The molecule has 0 aromatic carbocycles. The van der Waals surface area contributed by atoms with E-state index in [-0.39, 0.29) is 13.0 Å². The molecule has 2 N–H and O–H groups in total. The first-order valence-corrected chi connectivity index (χ1v) is 5.93. The van der Waals surface area contributed by atoms with Crippen LogP contribution in [0.15, 0.2) is 0 Å². The van der Waals surface area contributed by atoms with Crippen LogP contribution in [0.1, 0.15) is 13.3 Å². The molecule has 2 atom stereocenters. The molecular formula is C6H11BO4PS. The van der Waals surface area contributed by atoms with Crippen LogP contribution in [0.3, 0.4) is 0 Å². The summed E-state index contributed by atoms with van der Waals surface area (Å²) in [5, 5.41) is 17.8. The van der Waals surface area contributed by atoms with Crippen molar-refractivity contribution >= 4 is 30.1 Å². The van der Waals surface area contributed by atoms with Gasteiger partial charge in [0.15, 0.2) is 0 Å². The molecule has 0 rings (SSSR count). The standard InChI is InChI=1S/C6H11BO4PS/c1-4(6(9)10)5(8)2-3-11-13(7)12/h4-5,8H,2-3H2,1H3,(H,9,10)/t4-,5+/m0/s1. The summed E-state index contributed by atoms with van der Waals surface area (Å²) in [6, 6.07) is 0. The Hall–Kier alpha value is 0.105. The van der Waals surface area contributed by atoms with E-state index in [0.29, 0.717) is 0 Å². The predicted octanol–water partition coefficient (Wildman–Crippen LogP) is 1.07. The van der Waals surface area contributed by atoms with Crippen molar-refractivity contribution in [3.8, 4) is 0 Å². The summed E-state index contributed by atoms with van der Waals surface area (Å²) in [5.41, 5.74) is 0. The summed E-state index contributed by atoms with van der Waals surface area (Å²) in [5.74, 6) is -1.81. The Morgan fingerprint density at radius 3 is 2.69 bits per heavy atom. The van der Waals surface area contributed by atoms with Gasteiger partial charge in [0, 0.05) is 0 Å². The average molecular weight is 221 g/mol. The monoisotopic (exact) mass is 221 g/mol. The second-order valence-corrected chi connectivity index (χ2v) is 4.45. The molecule has 0 fully saturated rings. The molecule has 4 nitrogen and oxygen atoms in total. The third-order valence-electron chi connectivity index (χ3n) is 1.58. The number of hydrogen-bond acceptors (Lipinski definition) is 3. The second kappa shape index (κ2) is 6.54. The molecule has 0 aromatic rings. The van der Waals surface area contributed by atoms with E-state index in [2.05, 4.69) is 7.81 Å². The van der Waals surface area contributed by atoms with Crippen molar-refractivity contribution in [3.63, 3.8) is 0 Å². The van der Waals surface area contributed by atoms with E-state index in [0.717, 1.165) is 0 Å². The molecular weight excluding hydrogens is 210 g/mol. The van der Waals surface area contributed by atoms with Gasteiger partial charge in [-0.25, -0.2) is 0 Å². The van der Waals surface area contributed by atoms with Crippen LogP contribution in [0, 0.1) is 5.92 Å². The Labute approximate surface area is 81.8 Å². The molecule has 0 spiro atoms. The molecule has 0 unspecified atom stereocenters. The number of aliphatic carboxylic acids is 1. The zero-order valence-corrected chi connectivity index (χ0v) is 8.92. The molecule has 1 radical (unpaired) electrons. The summed E-state index contributed by atoms with van der Waals surface area (Å²) >= 11 is 0. The first-order chi connectivity index (χ1) is 5.95. The average Bonchev–Trinajstić information content (AvgIpc) is 2.02. The molecule has 7 heteroatoms. The summed E-state index contributed by atoms with van der Waals surface area (Å²) in [4.78, 5) is 10.4. The van der Waals surface area contributed by atoms with E-state index in [1.54, 1.807) is 0 Å². The molecule has 0 heterocycles. The van der Waals surface area contributed by atoms with Gasteiger partial charge >= 0.3 is 81.2 Å². The molecule has 0 aromatic heterocycles. The molecule has 73 valence electrons. The summed E-state index contributed by atoms with van der Waals surface area (Å²) < 4.78 is 4.86. The first-order valence-electron chi connectivity index (χ1n) is 3.67. The Balaban J connectivity index is 3.76. The predicted molar refractivity (Wildman–Crippen MR) is 53.6 cm³/mol. The fourth-order valence-corrected chi connectivity index (χ4v) is 1.16. The molecule has 0 aliphatic carbocycles. The van der Waals surface area contributed by atoms with Crippen molar-refractivity contribution in [1.29, 1.82) is 0 Å². The van der Waals surface area contributed by atoms with Crippen molar-refractivity contribution < 1.29 is 19.2 Å². The van der Waals surface area contributed by atoms with Crippen LogP contribution in [-0.4, -0.2) is 35.6 Å². The fraction of sp³-hybridized carbons (Fsp3) is 0.833. The van der Waals surface area contributed by atoms with Crippen LogP contribution in [0.5, 0.6) is 0 Å². The third-order valence-corrected chi connectivity index (χ3v) is 2.31. The normalized spacial score (nSPS) is 14.8. The number of carboxylic acids is 1. The van der Waals surface area contributed by atoms with Gasteiger partial charge in [-0.1, -0.05) is 0 Å². The van der Waals surface area contributed by atoms with Gasteiger partial charge in [-0.05, 0) is 0 Å². The van der Waals surface area contributed by atoms with E-state index < -0.39 is 27.6 Å². The molecule has 0 saturated carbocycles. The quantitative estimate of drug-likeness (QED) is 0.538. The third kappa shape index (κ3) is 6.21. The number of hydrogen-bond donors (Lipinski definition) is 2. The topological polar surface area (TPSA) is 66.8 Å². The van der Waals surface area contributed by atoms with Crippen molar-refractivity contribution in [3.05, 3.63) is 0 Å².